The lowest BCUT2D eigenvalue weighted by atomic mass is 9.91. The largest absolute Gasteiger partial charge is 0.479 e. The van der Waals surface area contributed by atoms with Crippen molar-refractivity contribution in [2.75, 3.05) is 19.8 Å². The molecule has 3 atom stereocenters. The molecule has 3 rings (SSSR count). The first kappa shape index (κ1) is 17.8. The molecule has 5 nitrogen and oxygen atoms in total. The molecule has 0 spiro atoms. The van der Waals surface area contributed by atoms with Gasteiger partial charge in [0.2, 0.25) is 0 Å². The van der Waals surface area contributed by atoms with E-state index in [-0.39, 0.29) is 24.4 Å². The zero-order valence-corrected chi connectivity index (χ0v) is 13.8. The second-order valence-corrected chi connectivity index (χ2v) is 6.22. The number of halogens is 1. The number of rotatable bonds is 6. The molecule has 1 aliphatic heterocycles. The molecule has 1 heterocycles. The summed E-state index contributed by atoms with van der Waals surface area (Å²) < 4.78 is 29.8. The third-order valence-electron chi connectivity index (χ3n) is 4.24. The molecule has 1 aromatic carbocycles. The van der Waals surface area contributed by atoms with Crippen LogP contribution in [-0.4, -0.2) is 43.1 Å². The van der Waals surface area contributed by atoms with Crippen LogP contribution < -0.4 is 0 Å². The van der Waals surface area contributed by atoms with Crippen LogP contribution in [0.3, 0.4) is 0 Å². The van der Waals surface area contributed by atoms with Crippen molar-refractivity contribution in [2.24, 2.45) is 5.92 Å². The van der Waals surface area contributed by atoms with Gasteiger partial charge in [0.15, 0.2) is 6.10 Å². The lowest BCUT2D eigenvalue weighted by Gasteiger charge is -2.31. The fraction of sp³-hybridized carbons (Fsp3) is 0.421. The predicted molar refractivity (Wildman–Crippen MR) is 88.5 cm³/mol. The molecular formula is C19H21FO5. The molecule has 0 amide bonds. The van der Waals surface area contributed by atoms with Crippen LogP contribution in [0.5, 0.6) is 0 Å². The van der Waals surface area contributed by atoms with E-state index in [0.717, 1.165) is 17.6 Å². The van der Waals surface area contributed by atoms with Gasteiger partial charge in [0.25, 0.3) is 0 Å². The average molecular weight is 348 g/mol. The first-order valence-electron chi connectivity index (χ1n) is 8.27. The Kier molecular flexibility index (Phi) is 5.96. The number of ether oxygens (including phenoxy) is 3. The van der Waals surface area contributed by atoms with E-state index in [1.807, 2.05) is 24.3 Å². The van der Waals surface area contributed by atoms with Crippen molar-refractivity contribution in [3.8, 4) is 0 Å². The van der Waals surface area contributed by atoms with Gasteiger partial charge in [0.05, 0.1) is 26.4 Å². The molecule has 0 bridgehead atoms. The van der Waals surface area contributed by atoms with E-state index >= 15 is 0 Å². The standard InChI is InChI=1S/C19H21FO5/c20-16-6-2-4-14(8-16)10-23-9-13-3-1-5-15(7-13)17-11-24-12-18(25-17)19(21)22/h1-6,8,13,17-18H,7,9-12H2,(H,21,22). The van der Waals surface area contributed by atoms with Crippen molar-refractivity contribution in [1.29, 1.82) is 0 Å². The minimum Gasteiger partial charge on any atom is -0.479 e. The van der Waals surface area contributed by atoms with E-state index in [4.69, 9.17) is 19.3 Å². The number of benzene rings is 1. The van der Waals surface area contributed by atoms with Gasteiger partial charge in [-0.1, -0.05) is 30.4 Å². The van der Waals surface area contributed by atoms with Crippen LogP contribution in [-0.2, 0) is 25.6 Å². The zero-order valence-electron chi connectivity index (χ0n) is 13.8. The summed E-state index contributed by atoms with van der Waals surface area (Å²) in [6.45, 7) is 1.29. The molecule has 0 aromatic heterocycles. The van der Waals surface area contributed by atoms with Crippen molar-refractivity contribution in [3.05, 3.63) is 59.4 Å². The van der Waals surface area contributed by atoms with Crippen molar-refractivity contribution >= 4 is 5.97 Å². The third-order valence-corrected chi connectivity index (χ3v) is 4.24. The molecule has 1 saturated heterocycles. The Morgan fingerprint density at radius 2 is 2.24 bits per heavy atom. The van der Waals surface area contributed by atoms with Gasteiger partial charge >= 0.3 is 5.97 Å². The molecule has 0 saturated carbocycles. The molecule has 1 aliphatic carbocycles. The first-order chi connectivity index (χ1) is 12.1. The summed E-state index contributed by atoms with van der Waals surface area (Å²) in [5, 5.41) is 9.07. The van der Waals surface area contributed by atoms with Gasteiger partial charge in [0, 0.05) is 5.92 Å². The van der Waals surface area contributed by atoms with Crippen LogP contribution in [0.4, 0.5) is 4.39 Å². The van der Waals surface area contributed by atoms with Gasteiger partial charge in [-0.05, 0) is 29.7 Å². The Labute approximate surface area is 145 Å². The number of hydrogen-bond acceptors (Lipinski definition) is 4. The number of carbonyl (C=O) groups is 1. The number of carboxylic acid groups (broad SMARTS) is 1. The van der Waals surface area contributed by atoms with E-state index in [2.05, 4.69) is 0 Å². The number of allylic oxidation sites excluding steroid dienone is 2. The van der Waals surface area contributed by atoms with E-state index in [0.29, 0.717) is 19.8 Å². The van der Waals surface area contributed by atoms with Gasteiger partial charge in [-0.3, -0.25) is 0 Å². The van der Waals surface area contributed by atoms with Gasteiger partial charge in [-0.15, -0.1) is 0 Å². The second kappa shape index (κ2) is 8.38. The predicted octanol–water partition coefficient (Wildman–Crippen LogP) is 2.71. The van der Waals surface area contributed by atoms with Crippen molar-refractivity contribution in [2.45, 2.75) is 25.2 Å². The molecule has 3 unspecified atom stereocenters. The third kappa shape index (κ3) is 4.98. The lowest BCUT2D eigenvalue weighted by Crippen LogP contribution is -2.42. The van der Waals surface area contributed by atoms with Crippen molar-refractivity contribution in [1.82, 2.24) is 0 Å². The SMILES string of the molecule is O=C(O)C1COCC(C2=CC=CC(COCc3cccc(F)c3)C2)O1. The van der Waals surface area contributed by atoms with Gasteiger partial charge in [-0.25, -0.2) is 9.18 Å². The fourth-order valence-corrected chi connectivity index (χ4v) is 2.97. The molecule has 2 aliphatic rings. The maximum Gasteiger partial charge on any atom is 0.335 e. The van der Waals surface area contributed by atoms with Crippen LogP contribution in [0, 0.1) is 11.7 Å². The Balaban J connectivity index is 1.49. The summed E-state index contributed by atoms with van der Waals surface area (Å²) in [4.78, 5) is 11.1. The van der Waals surface area contributed by atoms with Crippen LogP contribution in [0.15, 0.2) is 48.1 Å². The number of aliphatic carboxylic acids is 1. The molecule has 1 N–H and O–H groups in total. The first-order valence-corrected chi connectivity index (χ1v) is 8.27. The van der Waals surface area contributed by atoms with Crippen LogP contribution in [0.25, 0.3) is 0 Å². The fourth-order valence-electron chi connectivity index (χ4n) is 2.97. The highest BCUT2D eigenvalue weighted by molar-refractivity contribution is 5.72. The smallest absolute Gasteiger partial charge is 0.335 e. The highest BCUT2D eigenvalue weighted by atomic mass is 19.1. The second-order valence-electron chi connectivity index (χ2n) is 6.22. The Morgan fingerprint density at radius 1 is 1.36 bits per heavy atom. The summed E-state index contributed by atoms with van der Waals surface area (Å²) in [5.41, 5.74) is 1.80. The van der Waals surface area contributed by atoms with Crippen molar-refractivity contribution in [3.63, 3.8) is 0 Å². The minimum atomic E-state index is -1.01. The van der Waals surface area contributed by atoms with Crippen LogP contribution >= 0.6 is 0 Å². The molecule has 6 heteroatoms. The van der Waals surface area contributed by atoms with Gasteiger partial charge in [-0.2, -0.15) is 0 Å². The normalized spacial score (nSPS) is 26.3. The van der Waals surface area contributed by atoms with E-state index in [9.17, 15) is 9.18 Å². The molecular weight excluding hydrogens is 327 g/mol. The van der Waals surface area contributed by atoms with Crippen molar-refractivity contribution < 1.29 is 28.5 Å². The Morgan fingerprint density at radius 3 is 3.04 bits per heavy atom. The Bertz CT molecular complexity index is 670. The summed E-state index contributed by atoms with van der Waals surface area (Å²) in [6, 6.07) is 6.35. The number of carboxylic acids is 1. The van der Waals surface area contributed by atoms with E-state index in [1.54, 1.807) is 6.07 Å². The lowest BCUT2D eigenvalue weighted by molar-refractivity contribution is -0.173. The monoisotopic (exact) mass is 348 g/mol. The van der Waals surface area contributed by atoms with Crippen LogP contribution in [0.2, 0.25) is 0 Å². The number of hydrogen-bond donors (Lipinski definition) is 1. The van der Waals surface area contributed by atoms with Gasteiger partial charge < -0.3 is 19.3 Å². The highest BCUT2D eigenvalue weighted by Crippen LogP contribution is 2.26. The molecule has 0 radical (unpaired) electrons. The van der Waals surface area contributed by atoms with E-state index < -0.39 is 12.1 Å². The maximum atomic E-state index is 13.2. The molecule has 1 fully saturated rings. The summed E-state index contributed by atoms with van der Waals surface area (Å²) in [5.74, 6) is -1.11. The zero-order chi connectivity index (χ0) is 17.6. The summed E-state index contributed by atoms with van der Waals surface area (Å²) in [7, 11) is 0. The molecule has 1 aromatic rings. The van der Waals surface area contributed by atoms with E-state index in [1.165, 1.54) is 12.1 Å². The highest BCUT2D eigenvalue weighted by Gasteiger charge is 2.31. The topological polar surface area (TPSA) is 65.0 Å². The minimum absolute atomic E-state index is 0.0785. The molecule has 134 valence electrons. The van der Waals surface area contributed by atoms with Crippen LogP contribution in [0.1, 0.15) is 12.0 Å². The Hall–Kier alpha value is -2.02. The van der Waals surface area contributed by atoms with Gasteiger partial charge in [0.1, 0.15) is 11.9 Å². The maximum absolute atomic E-state index is 13.2. The summed E-state index contributed by atoms with van der Waals surface area (Å²) >= 11 is 0. The molecule has 25 heavy (non-hydrogen) atoms. The summed E-state index contributed by atoms with van der Waals surface area (Å²) in [6.07, 6.45) is 5.39. The quantitative estimate of drug-likeness (QED) is 0.856. The average Bonchev–Trinajstić information content (AvgIpc) is 2.62.